The minimum absolute atomic E-state index is 0.202. The molecular weight excluding hydrogens is 319 g/mol. The fourth-order valence-electron chi connectivity index (χ4n) is 3.71. The van der Waals surface area contributed by atoms with Crippen molar-refractivity contribution in [1.29, 1.82) is 0 Å². The van der Waals surface area contributed by atoms with Crippen LogP contribution in [0.3, 0.4) is 0 Å². The fraction of sp³-hybridized carbons (Fsp3) is 0.474. The van der Waals surface area contributed by atoms with E-state index in [0.717, 1.165) is 37.4 Å². The van der Waals surface area contributed by atoms with E-state index in [1.165, 1.54) is 17.5 Å². The molecule has 132 valence electrons. The highest BCUT2D eigenvalue weighted by Crippen LogP contribution is 2.26. The molecule has 0 aliphatic carbocycles. The average molecular weight is 342 g/mol. The number of rotatable bonds is 6. The Balaban J connectivity index is 1.31. The van der Waals surface area contributed by atoms with Crippen LogP contribution in [0, 0.1) is 0 Å². The van der Waals surface area contributed by atoms with Gasteiger partial charge < -0.3 is 10.1 Å². The Bertz CT molecular complexity index is 712. The van der Waals surface area contributed by atoms with E-state index in [4.69, 9.17) is 4.74 Å². The Morgan fingerprint density at radius 3 is 3.00 bits per heavy atom. The molecule has 5 nitrogen and oxygen atoms in total. The van der Waals surface area contributed by atoms with Crippen molar-refractivity contribution in [2.24, 2.45) is 0 Å². The number of hydrogen-bond donors (Lipinski definition) is 1. The molecule has 1 fully saturated rings. The highest BCUT2D eigenvalue weighted by Gasteiger charge is 2.31. The van der Waals surface area contributed by atoms with E-state index in [1.54, 1.807) is 12.4 Å². The van der Waals surface area contributed by atoms with Gasteiger partial charge in [-0.15, -0.1) is 0 Å². The molecule has 1 N–H and O–H groups in total. The molecule has 1 aromatic carbocycles. The van der Waals surface area contributed by atoms with E-state index >= 15 is 0 Å². The summed E-state index contributed by atoms with van der Waals surface area (Å²) in [7, 11) is 0. The molecule has 2 aromatic rings. The van der Waals surface area contributed by atoms with Crippen LogP contribution < -0.4 is 10.1 Å². The predicted molar refractivity (Wildman–Crippen MR) is 93.1 cm³/mol. The first kappa shape index (κ1) is 16.4. The zero-order valence-corrected chi connectivity index (χ0v) is 14.2. The molecule has 25 heavy (non-hydrogen) atoms. The minimum Gasteiger partial charge on any atom is -0.493 e. The van der Waals surface area contributed by atoms with E-state index in [-0.39, 0.29) is 6.04 Å². The molecule has 2 aliphatic heterocycles. The number of benzene rings is 1. The van der Waals surface area contributed by atoms with Crippen molar-refractivity contribution in [2.75, 3.05) is 19.7 Å². The topological polar surface area (TPSA) is 50.3 Å². The summed E-state index contributed by atoms with van der Waals surface area (Å²) >= 11 is 0. The van der Waals surface area contributed by atoms with E-state index < -0.39 is 6.17 Å². The summed E-state index contributed by atoms with van der Waals surface area (Å²) in [5.41, 5.74) is 3.57. The monoisotopic (exact) mass is 342 g/mol. The zero-order valence-electron chi connectivity index (χ0n) is 14.2. The Kier molecular flexibility index (Phi) is 4.90. The van der Waals surface area contributed by atoms with E-state index in [9.17, 15) is 4.39 Å². The van der Waals surface area contributed by atoms with Gasteiger partial charge in [0, 0.05) is 56.6 Å². The maximum atomic E-state index is 13.9. The second-order valence-electron chi connectivity index (χ2n) is 6.83. The number of alkyl halides is 1. The number of likely N-dealkylation sites (tertiary alicyclic amines) is 1. The van der Waals surface area contributed by atoms with Gasteiger partial charge in [0.15, 0.2) is 0 Å². The van der Waals surface area contributed by atoms with Crippen molar-refractivity contribution in [1.82, 2.24) is 20.2 Å². The SMILES string of the molecule is F[C@H]1C[C@@H](CNCc2ccc3c(c2)CCO3)N(Cc2cncnc2)C1. The Morgan fingerprint density at radius 1 is 1.24 bits per heavy atom. The van der Waals surface area contributed by atoms with Crippen molar-refractivity contribution in [3.8, 4) is 5.75 Å². The third-order valence-corrected chi connectivity index (χ3v) is 4.94. The molecule has 0 bridgehead atoms. The summed E-state index contributed by atoms with van der Waals surface area (Å²) < 4.78 is 19.5. The summed E-state index contributed by atoms with van der Waals surface area (Å²) in [6.07, 6.45) is 5.94. The lowest BCUT2D eigenvalue weighted by atomic mass is 10.1. The molecule has 0 unspecified atom stereocenters. The smallest absolute Gasteiger partial charge is 0.122 e. The molecule has 0 radical (unpaired) electrons. The van der Waals surface area contributed by atoms with E-state index in [0.29, 0.717) is 19.5 Å². The number of fused-ring (bicyclic) bond motifs is 1. The Morgan fingerprint density at radius 2 is 2.12 bits per heavy atom. The highest BCUT2D eigenvalue weighted by atomic mass is 19.1. The number of nitrogens with zero attached hydrogens (tertiary/aromatic N) is 3. The molecule has 0 spiro atoms. The molecule has 4 rings (SSSR count). The molecule has 2 atom stereocenters. The summed E-state index contributed by atoms with van der Waals surface area (Å²) in [4.78, 5) is 10.3. The van der Waals surface area contributed by atoms with Crippen LogP contribution in [0.4, 0.5) is 4.39 Å². The van der Waals surface area contributed by atoms with Gasteiger partial charge in [0.05, 0.1) is 6.61 Å². The molecular formula is C19H23FN4O. The Labute approximate surface area is 147 Å². The molecule has 6 heteroatoms. The first-order valence-corrected chi connectivity index (χ1v) is 8.85. The number of aromatic nitrogens is 2. The van der Waals surface area contributed by atoms with Gasteiger partial charge in [-0.05, 0) is 23.6 Å². The van der Waals surface area contributed by atoms with Crippen LogP contribution in [0.15, 0.2) is 36.9 Å². The van der Waals surface area contributed by atoms with Gasteiger partial charge >= 0.3 is 0 Å². The van der Waals surface area contributed by atoms with Crippen molar-refractivity contribution in [2.45, 2.75) is 38.1 Å². The second kappa shape index (κ2) is 7.45. The van der Waals surface area contributed by atoms with Gasteiger partial charge in [-0.2, -0.15) is 0 Å². The van der Waals surface area contributed by atoms with Gasteiger partial charge in [0.25, 0.3) is 0 Å². The summed E-state index contributed by atoms with van der Waals surface area (Å²) in [5, 5.41) is 3.49. The van der Waals surface area contributed by atoms with Crippen molar-refractivity contribution in [3.63, 3.8) is 0 Å². The molecule has 1 saturated heterocycles. The first-order valence-electron chi connectivity index (χ1n) is 8.85. The molecule has 0 saturated carbocycles. The number of hydrogen-bond acceptors (Lipinski definition) is 5. The van der Waals surface area contributed by atoms with Crippen LogP contribution in [0.25, 0.3) is 0 Å². The molecule has 2 aliphatic rings. The van der Waals surface area contributed by atoms with E-state index in [2.05, 4.69) is 32.3 Å². The highest BCUT2D eigenvalue weighted by molar-refractivity contribution is 5.39. The standard InChI is InChI=1S/C19H23FN4O/c20-17-6-18(24(12-17)11-15-8-22-13-23-9-15)10-21-7-14-1-2-19-16(5-14)3-4-25-19/h1-2,5,8-9,13,17-18,21H,3-4,6-7,10-12H2/t17-,18-/m0/s1. The van der Waals surface area contributed by atoms with Crippen LogP contribution in [0.2, 0.25) is 0 Å². The third-order valence-electron chi connectivity index (χ3n) is 4.94. The van der Waals surface area contributed by atoms with Crippen molar-refractivity contribution in [3.05, 3.63) is 53.6 Å². The number of halogens is 1. The summed E-state index contributed by atoms with van der Waals surface area (Å²) in [6, 6.07) is 6.56. The zero-order chi connectivity index (χ0) is 17.1. The first-order chi connectivity index (χ1) is 12.3. The quantitative estimate of drug-likeness (QED) is 0.871. The van der Waals surface area contributed by atoms with Gasteiger partial charge in [-0.1, -0.05) is 12.1 Å². The number of nitrogens with one attached hydrogen (secondary N) is 1. The summed E-state index contributed by atoms with van der Waals surface area (Å²) in [5.74, 6) is 1.01. The van der Waals surface area contributed by atoms with Crippen LogP contribution in [0.1, 0.15) is 23.1 Å². The summed E-state index contributed by atoms with van der Waals surface area (Å²) in [6.45, 7) is 3.54. The number of ether oxygens (including phenoxy) is 1. The molecule has 1 aromatic heterocycles. The lowest BCUT2D eigenvalue weighted by Gasteiger charge is -2.24. The molecule has 3 heterocycles. The van der Waals surface area contributed by atoms with Crippen molar-refractivity contribution >= 4 is 0 Å². The fourth-order valence-corrected chi connectivity index (χ4v) is 3.71. The lowest BCUT2D eigenvalue weighted by Crippen LogP contribution is -2.37. The second-order valence-corrected chi connectivity index (χ2v) is 6.83. The lowest BCUT2D eigenvalue weighted by molar-refractivity contribution is 0.229. The maximum Gasteiger partial charge on any atom is 0.122 e. The Hall–Kier alpha value is -2.05. The minimum atomic E-state index is -0.756. The predicted octanol–water partition coefficient (Wildman–Crippen LogP) is 2.11. The largest absolute Gasteiger partial charge is 0.493 e. The molecule has 0 amide bonds. The average Bonchev–Trinajstić information content (AvgIpc) is 3.22. The van der Waals surface area contributed by atoms with Gasteiger partial charge in [-0.3, -0.25) is 4.90 Å². The van der Waals surface area contributed by atoms with E-state index in [1.807, 2.05) is 6.07 Å². The van der Waals surface area contributed by atoms with Gasteiger partial charge in [-0.25, -0.2) is 14.4 Å². The van der Waals surface area contributed by atoms with Gasteiger partial charge in [0.2, 0.25) is 0 Å². The van der Waals surface area contributed by atoms with Crippen LogP contribution in [-0.4, -0.2) is 46.8 Å². The van der Waals surface area contributed by atoms with Crippen LogP contribution >= 0.6 is 0 Å². The normalized spacial score (nSPS) is 22.8. The maximum absolute atomic E-state index is 13.9. The van der Waals surface area contributed by atoms with Crippen LogP contribution in [0.5, 0.6) is 5.75 Å². The van der Waals surface area contributed by atoms with Gasteiger partial charge in [0.1, 0.15) is 18.2 Å². The van der Waals surface area contributed by atoms with Crippen LogP contribution in [-0.2, 0) is 19.5 Å². The third kappa shape index (κ3) is 3.96. The van der Waals surface area contributed by atoms with Crippen molar-refractivity contribution < 1.29 is 9.13 Å².